The maximum absolute atomic E-state index is 12.4. The van der Waals surface area contributed by atoms with Gasteiger partial charge in [0, 0.05) is 17.9 Å². The summed E-state index contributed by atoms with van der Waals surface area (Å²) in [5, 5.41) is 0. The van der Waals surface area contributed by atoms with E-state index >= 15 is 0 Å². The lowest BCUT2D eigenvalue weighted by molar-refractivity contribution is -0.152. The van der Waals surface area contributed by atoms with Crippen LogP contribution in [0.4, 0.5) is 0 Å². The van der Waals surface area contributed by atoms with Gasteiger partial charge in [-0.15, -0.1) is 0 Å². The van der Waals surface area contributed by atoms with Gasteiger partial charge in [0.05, 0.1) is 0 Å². The second-order valence-electron chi connectivity index (χ2n) is 7.77. The minimum Gasteiger partial charge on any atom is -0.457 e. The van der Waals surface area contributed by atoms with Gasteiger partial charge >= 0.3 is 5.97 Å². The van der Waals surface area contributed by atoms with Gasteiger partial charge in [-0.1, -0.05) is 50.2 Å². The third-order valence-corrected chi connectivity index (χ3v) is 5.19. The number of ether oxygens (including phenoxy) is 1. The van der Waals surface area contributed by atoms with Crippen LogP contribution in [0.3, 0.4) is 0 Å². The van der Waals surface area contributed by atoms with Gasteiger partial charge in [-0.25, -0.2) is 0 Å². The van der Waals surface area contributed by atoms with Crippen LogP contribution in [0, 0.1) is 11.8 Å². The molecule has 1 aliphatic rings. The Morgan fingerprint density at radius 1 is 1.11 bits per heavy atom. The highest BCUT2D eigenvalue weighted by Crippen LogP contribution is 2.40. The predicted molar refractivity (Wildman–Crippen MR) is 105 cm³/mol. The van der Waals surface area contributed by atoms with Gasteiger partial charge in [0.1, 0.15) is 6.10 Å². The summed E-state index contributed by atoms with van der Waals surface area (Å²) in [4.78, 5) is 23.6. The van der Waals surface area contributed by atoms with Crippen LogP contribution in [0.1, 0.15) is 59.8 Å². The first kappa shape index (κ1) is 19.2. The molecule has 0 spiro atoms. The normalized spacial score (nSPS) is 18.3. The molecule has 2 aromatic rings. The Morgan fingerprint density at radius 3 is 2.48 bits per heavy atom. The fraction of sp³-hybridized carbons (Fsp3) is 0.391. The highest BCUT2D eigenvalue weighted by molar-refractivity contribution is 5.92. The van der Waals surface area contributed by atoms with Crippen LogP contribution < -0.4 is 5.73 Å². The molecule has 0 aliphatic heterocycles. The van der Waals surface area contributed by atoms with E-state index in [1.54, 1.807) is 12.1 Å². The maximum atomic E-state index is 12.4. The predicted octanol–water partition coefficient (Wildman–Crippen LogP) is 4.22. The molecule has 1 aliphatic carbocycles. The number of primary amides is 1. The van der Waals surface area contributed by atoms with Gasteiger partial charge in [-0.3, -0.25) is 9.59 Å². The van der Waals surface area contributed by atoms with Crippen LogP contribution in [0.25, 0.3) is 0 Å². The largest absolute Gasteiger partial charge is 0.457 e. The molecule has 1 amide bonds. The van der Waals surface area contributed by atoms with Gasteiger partial charge in [-0.05, 0) is 54.0 Å². The lowest BCUT2D eigenvalue weighted by Gasteiger charge is -2.21. The molecule has 3 rings (SSSR count). The van der Waals surface area contributed by atoms with Crippen molar-refractivity contribution in [3.8, 4) is 0 Å². The molecule has 0 aromatic heterocycles. The average Bonchev–Trinajstić information content (AvgIpc) is 2.98. The van der Waals surface area contributed by atoms with E-state index in [1.165, 1.54) is 5.56 Å². The monoisotopic (exact) mass is 365 g/mol. The second-order valence-corrected chi connectivity index (χ2v) is 7.77. The molecule has 0 heterocycles. The Hall–Kier alpha value is -2.62. The number of nitrogens with two attached hydrogens (primary N) is 1. The molecule has 2 atom stereocenters. The van der Waals surface area contributed by atoms with Gasteiger partial charge in [-0.2, -0.15) is 0 Å². The Bertz CT molecular complexity index is 811. The molecule has 0 saturated carbocycles. The molecule has 2 N–H and O–H groups in total. The third kappa shape index (κ3) is 4.76. The van der Waals surface area contributed by atoms with Crippen molar-refractivity contribution in [3.05, 3.63) is 70.8 Å². The molecule has 4 heteroatoms. The number of rotatable bonds is 7. The van der Waals surface area contributed by atoms with Crippen molar-refractivity contribution in [2.45, 2.75) is 45.6 Å². The van der Waals surface area contributed by atoms with E-state index in [1.807, 2.05) is 24.3 Å². The van der Waals surface area contributed by atoms with Crippen molar-refractivity contribution in [3.63, 3.8) is 0 Å². The van der Waals surface area contributed by atoms with Gasteiger partial charge < -0.3 is 10.5 Å². The molecule has 27 heavy (non-hydrogen) atoms. The van der Waals surface area contributed by atoms with E-state index in [4.69, 9.17) is 10.5 Å². The molecule has 0 saturated heterocycles. The summed E-state index contributed by atoms with van der Waals surface area (Å²) in [6, 6.07) is 15.6. The van der Waals surface area contributed by atoms with E-state index in [0.717, 1.165) is 30.4 Å². The van der Waals surface area contributed by atoms with E-state index in [-0.39, 0.29) is 18.0 Å². The number of carbonyl (C=O) groups excluding carboxylic acids is 2. The van der Waals surface area contributed by atoms with Crippen molar-refractivity contribution in [1.82, 2.24) is 0 Å². The van der Waals surface area contributed by atoms with Crippen molar-refractivity contribution in [2.24, 2.45) is 17.6 Å². The number of carbonyl (C=O) groups is 2. The van der Waals surface area contributed by atoms with Gasteiger partial charge in [0.2, 0.25) is 5.91 Å². The average molecular weight is 365 g/mol. The molecule has 0 unspecified atom stereocenters. The molecule has 0 fully saturated rings. The number of hydrogen-bond acceptors (Lipinski definition) is 3. The van der Waals surface area contributed by atoms with E-state index in [2.05, 4.69) is 26.0 Å². The number of amides is 1. The third-order valence-electron chi connectivity index (χ3n) is 5.19. The van der Waals surface area contributed by atoms with E-state index < -0.39 is 5.91 Å². The van der Waals surface area contributed by atoms with Crippen LogP contribution in [-0.4, -0.2) is 11.9 Å². The Labute approximate surface area is 160 Å². The number of esters is 1. The van der Waals surface area contributed by atoms with Crippen molar-refractivity contribution in [2.75, 3.05) is 0 Å². The lowest BCUT2D eigenvalue weighted by atomic mass is 9.94. The van der Waals surface area contributed by atoms with Gasteiger partial charge in [0.15, 0.2) is 0 Å². The molecular weight excluding hydrogens is 338 g/mol. The lowest BCUT2D eigenvalue weighted by Crippen LogP contribution is -2.18. The highest BCUT2D eigenvalue weighted by atomic mass is 16.5. The fourth-order valence-electron chi connectivity index (χ4n) is 3.69. The van der Waals surface area contributed by atoms with Crippen molar-refractivity contribution < 1.29 is 14.3 Å². The first-order valence-electron chi connectivity index (χ1n) is 9.60. The first-order chi connectivity index (χ1) is 12.9. The summed E-state index contributed by atoms with van der Waals surface area (Å²) < 4.78 is 5.92. The summed E-state index contributed by atoms with van der Waals surface area (Å²) in [6.07, 6.45) is 2.76. The maximum Gasteiger partial charge on any atom is 0.306 e. The quantitative estimate of drug-likeness (QED) is 0.747. The smallest absolute Gasteiger partial charge is 0.306 e. The van der Waals surface area contributed by atoms with E-state index in [9.17, 15) is 9.59 Å². The number of benzene rings is 2. The van der Waals surface area contributed by atoms with Crippen LogP contribution in [-0.2, 0) is 22.4 Å². The molecular formula is C23H27NO3. The van der Waals surface area contributed by atoms with Crippen LogP contribution in [0.5, 0.6) is 0 Å². The van der Waals surface area contributed by atoms with Crippen molar-refractivity contribution in [1.29, 1.82) is 0 Å². The number of fused-ring (bicyclic) bond motifs is 1. The minimum atomic E-state index is -0.424. The SMILES string of the molecule is CC(C)CCC(=O)O[C@H]1c2ccccc2C[C@H]1Cc1ccc(C(N)=O)cc1. The zero-order valence-electron chi connectivity index (χ0n) is 16.0. The molecule has 0 bridgehead atoms. The zero-order valence-corrected chi connectivity index (χ0v) is 16.0. The van der Waals surface area contributed by atoms with Crippen molar-refractivity contribution >= 4 is 11.9 Å². The Morgan fingerprint density at radius 2 is 1.81 bits per heavy atom. The number of hydrogen-bond donors (Lipinski definition) is 1. The van der Waals surface area contributed by atoms with Crippen LogP contribution in [0.2, 0.25) is 0 Å². The summed E-state index contributed by atoms with van der Waals surface area (Å²) in [5.74, 6) is 0.129. The van der Waals surface area contributed by atoms with E-state index in [0.29, 0.717) is 17.9 Å². The molecule has 142 valence electrons. The summed E-state index contributed by atoms with van der Waals surface area (Å²) in [7, 11) is 0. The molecule has 4 nitrogen and oxygen atoms in total. The van der Waals surface area contributed by atoms with Crippen LogP contribution in [0.15, 0.2) is 48.5 Å². The minimum absolute atomic E-state index is 0.125. The fourth-order valence-corrected chi connectivity index (χ4v) is 3.69. The first-order valence-corrected chi connectivity index (χ1v) is 9.60. The van der Waals surface area contributed by atoms with Gasteiger partial charge in [0.25, 0.3) is 0 Å². The van der Waals surface area contributed by atoms with Crippen LogP contribution >= 0.6 is 0 Å². The second kappa shape index (κ2) is 8.38. The standard InChI is InChI=1S/C23H27NO3/c1-15(2)7-12-21(25)27-22-19(14-18-5-3-4-6-20(18)22)13-16-8-10-17(11-9-16)23(24)26/h3-6,8-11,15,19,22H,7,12-14H2,1-2H3,(H2,24,26)/t19-,22-/m1/s1. The molecule has 0 radical (unpaired) electrons. The Kier molecular flexibility index (Phi) is 5.94. The summed E-state index contributed by atoms with van der Waals surface area (Å²) >= 11 is 0. The zero-order chi connectivity index (χ0) is 19.4. The summed E-state index contributed by atoms with van der Waals surface area (Å²) in [5.41, 5.74) is 9.30. The Balaban J connectivity index is 1.74. The molecule has 2 aromatic carbocycles. The topological polar surface area (TPSA) is 69.4 Å². The summed E-state index contributed by atoms with van der Waals surface area (Å²) in [6.45, 7) is 4.22. The highest BCUT2D eigenvalue weighted by Gasteiger charge is 2.35.